The van der Waals surface area contributed by atoms with Crippen molar-refractivity contribution in [3.05, 3.63) is 61.6 Å². The molecule has 0 bridgehead atoms. The Bertz CT molecular complexity index is 734. The van der Waals surface area contributed by atoms with E-state index >= 15 is 0 Å². The molecule has 0 heterocycles. The summed E-state index contributed by atoms with van der Waals surface area (Å²) in [7, 11) is 0. The topological polar surface area (TPSA) is 89.7 Å². The summed E-state index contributed by atoms with van der Waals surface area (Å²) in [5, 5.41) is 20.0. The molecule has 1 N–H and O–H groups in total. The molecule has 0 spiro atoms. The molecule has 0 fully saturated rings. The average Bonchev–Trinajstić information content (AvgIpc) is 2.40. The van der Waals surface area contributed by atoms with Crippen molar-refractivity contribution in [3.8, 4) is 11.5 Å². The lowest BCUT2D eigenvalue weighted by Gasteiger charge is -2.10. The fourth-order valence-corrected chi connectivity index (χ4v) is 2.28. The summed E-state index contributed by atoms with van der Waals surface area (Å²) in [5.74, 6) is -1.18. The van der Waals surface area contributed by atoms with Gasteiger partial charge in [0.05, 0.1) is 16.0 Å². The summed E-state index contributed by atoms with van der Waals surface area (Å²) >= 11 is 9.06. The maximum atomic E-state index is 11.2. The third-order valence-electron chi connectivity index (χ3n) is 2.48. The first-order valence-corrected chi connectivity index (χ1v) is 6.70. The van der Waals surface area contributed by atoms with Crippen molar-refractivity contribution in [2.45, 2.75) is 0 Å². The van der Waals surface area contributed by atoms with Gasteiger partial charge in [-0.3, -0.25) is 10.1 Å². The van der Waals surface area contributed by atoms with Gasteiger partial charge in [0, 0.05) is 10.5 Å². The number of aromatic carboxylic acids is 1. The van der Waals surface area contributed by atoms with Crippen molar-refractivity contribution in [1.82, 2.24) is 0 Å². The van der Waals surface area contributed by atoms with Gasteiger partial charge in [0.25, 0.3) is 5.69 Å². The van der Waals surface area contributed by atoms with Gasteiger partial charge in [-0.1, -0.05) is 33.6 Å². The number of benzene rings is 2. The largest absolute Gasteiger partial charge is 0.478 e. The van der Waals surface area contributed by atoms with E-state index in [1.54, 1.807) is 0 Å². The minimum absolute atomic E-state index is 0.0703. The lowest BCUT2D eigenvalue weighted by molar-refractivity contribution is -0.385. The number of non-ortho nitro benzene ring substituents is 1. The molecule has 2 aromatic carbocycles. The second-order valence-electron chi connectivity index (χ2n) is 3.93. The SMILES string of the molecule is O=C(O)c1cccc(Cl)c1Oc1cc(Br)cc([N+](=O)[O-])c1. The lowest BCUT2D eigenvalue weighted by Crippen LogP contribution is -2.00. The molecule has 0 radical (unpaired) electrons. The Labute approximate surface area is 132 Å². The van der Waals surface area contributed by atoms with Crippen molar-refractivity contribution in [1.29, 1.82) is 0 Å². The third-order valence-corrected chi connectivity index (χ3v) is 3.24. The van der Waals surface area contributed by atoms with Gasteiger partial charge in [0.15, 0.2) is 5.75 Å². The standard InChI is InChI=1S/C13H7BrClNO5/c14-7-4-8(16(19)20)6-9(5-7)21-12-10(13(17)18)2-1-3-11(12)15/h1-6H,(H,17,18). The van der Waals surface area contributed by atoms with Gasteiger partial charge in [0.1, 0.15) is 11.3 Å². The number of rotatable bonds is 4. The predicted octanol–water partition coefficient (Wildman–Crippen LogP) is 4.50. The van der Waals surface area contributed by atoms with E-state index in [2.05, 4.69) is 15.9 Å². The van der Waals surface area contributed by atoms with E-state index in [4.69, 9.17) is 21.4 Å². The summed E-state index contributed by atoms with van der Waals surface area (Å²) in [6.45, 7) is 0. The van der Waals surface area contributed by atoms with Crippen molar-refractivity contribution >= 4 is 39.2 Å². The molecule has 2 rings (SSSR count). The highest BCUT2D eigenvalue weighted by Crippen LogP contribution is 2.35. The molecular formula is C13H7BrClNO5. The molecule has 0 aromatic heterocycles. The number of carboxylic acids is 1. The van der Waals surface area contributed by atoms with E-state index in [9.17, 15) is 14.9 Å². The zero-order chi connectivity index (χ0) is 15.6. The van der Waals surface area contributed by atoms with Crippen LogP contribution in [0.4, 0.5) is 5.69 Å². The molecule has 6 nitrogen and oxygen atoms in total. The van der Waals surface area contributed by atoms with Crippen LogP contribution in [0.1, 0.15) is 10.4 Å². The summed E-state index contributed by atoms with van der Waals surface area (Å²) in [5.41, 5.74) is -0.326. The van der Waals surface area contributed by atoms with E-state index in [-0.39, 0.29) is 27.8 Å². The molecule has 0 aliphatic rings. The Balaban J connectivity index is 2.48. The normalized spacial score (nSPS) is 10.2. The Morgan fingerprint density at radius 2 is 2.05 bits per heavy atom. The summed E-state index contributed by atoms with van der Waals surface area (Å²) in [6.07, 6.45) is 0. The fraction of sp³-hybridized carbons (Fsp3) is 0. The van der Waals surface area contributed by atoms with Gasteiger partial charge in [-0.2, -0.15) is 0 Å². The van der Waals surface area contributed by atoms with Crippen molar-refractivity contribution in [2.75, 3.05) is 0 Å². The van der Waals surface area contributed by atoms with Crippen molar-refractivity contribution in [2.24, 2.45) is 0 Å². The number of carbonyl (C=O) groups is 1. The molecule has 0 aliphatic heterocycles. The molecule has 21 heavy (non-hydrogen) atoms. The van der Waals surface area contributed by atoms with E-state index in [0.29, 0.717) is 4.47 Å². The van der Waals surface area contributed by atoms with Crippen LogP contribution in [0.25, 0.3) is 0 Å². The van der Waals surface area contributed by atoms with Crippen molar-refractivity contribution in [3.63, 3.8) is 0 Å². The fourth-order valence-electron chi connectivity index (χ4n) is 1.61. The predicted molar refractivity (Wildman–Crippen MR) is 79.3 cm³/mol. The Hall–Kier alpha value is -2.12. The second-order valence-corrected chi connectivity index (χ2v) is 5.25. The van der Waals surface area contributed by atoms with Gasteiger partial charge < -0.3 is 9.84 Å². The van der Waals surface area contributed by atoms with E-state index in [1.165, 1.54) is 36.4 Å². The molecule has 0 aliphatic carbocycles. The first-order valence-electron chi connectivity index (χ1n) is 5.53. The summed E-state index contributed by atoms with van der Waals surface area (Å²) in [6, 6.07) is 8.23. The van der Waals surface area contributed by atoms with Crippen LogP contribution in [-0.2, 0) is 0 Å². The number of nitro benzene ring substituents is 1. The first-order chi connectivity index (χ1) is 9.88. The molecule has 0 unspecified atom stereocenters. The maximum absolute atomic E-state index is 11.2. The summed E-state index contributed by atoms with van der Waals surface area (Å²) in [4.78, 5) is 21.4. The highest BCUT2D eigenvalue weighted by Gasteiger charge is 2.17. The number of hydrogen-bond donors (Lipinski definition) is 1. The molecule has 2 aromatic rings. The number of ether oxygens (including phenoxy) is 1. The first kappa shape index (κ1) is 15.3. The molecule has 0 amide bonds. The van der Waals surface area contributed by atoms with Gasteiger partial charge in [-0.05, 0) is 18.2 Å². The number of hydrogen-bond acceptors (Lipinski definition) is 4. The van der Waals surface area contributed by atoms with Crippen LogP contribution in [0.2, 0.25) is 5.02 Å². The molecule has 0 saturated heterocycles. The number of halogens is 2. The Morgan fingerprint density at radius 1 is 1.33 bits per heavy atom. The minimum atomic E-state index is -1.21. The maximum Gasteiger partial charge on any atom is 0.339 e. The molecule has 8 heteroatoms. The van der Waals surface area contributed by atoms with E-state index < -0.39 is 10.9 Å². The summed E-state index contributed by atoms with van der Waals surface area (Å²) < 4.78 is 5.85. The van der Waals surface area contributed by atoms with Crippen LogP contribution < -0.4 is 4.74 Å². The molecule has 0 atom stereocenters. The van der Waals surface area contributed by atoms with Gasteiger partial charge >= 0.3 is 5.97 Å². The van der Waals surface area contributed by atoms with Crippen LogP contribution in [-0.4, -0.2) is 16.0 Å². The molecular weight excluding hydrogens is 366 g/mol. The van der Waals surface area contributed by atoms with Crippen LogP contribution in [0.5, 0.6) is 11.5 Å². The molecule has 0 saturated carbocycles. The number of nitro groups is 1. The Morgan fingerprint density at radius 3 is 2.67 bits per heavy atom. The number of nitrogens with zero attached hydrogens (tertiary/aromatic N) is 1. The van der Waals surface area contributed by atoms with Crippen LogP contribution in [0.15, 0.2) is 40.9 Å². The molecule has 108 valence electrons. The van der Waals surface area contributed by atoms with Gasteiger partial charge in [-0.15, -0.1) is 0 Å². The lowest BCUT2D eigenvalue weighted by atomic mass is 10.2. The zero-order valence-corrected chi connectivity index (χ0v) is 12.6. The monoisotopic (exact) mass is 371 g/mol. The number of para-hydroxylation sites is 1. The minimum Gasteiger partial charge on any atom is -0.478 e. The highest BCUT2D eigenvalue weighted by molar-refractivity contribution is 9.10. The van der Waals surface area contributed by atoms with Crippen LogP contribution in [0.3, 0.4) is 0 Å². The van der Waals surface area contributed by atoms with Gasteiger partial charge in [-0.25, -0.2) is 4.79 Å². The van der Waals surface area contributed by atoms with Crippen molar-refractivity contribution < 1.29 is 19.6 Å². The smallest absolute Gasteiger partial charge is 0.339 e. The third kappa shape index (κ3) is 3.50. The van der Waals surface area contributed by atoms with Crippen LogP contribution >= 0.6 is 27.5 Å². The second kappa shape index (κ2) is 6.11. The quantitative estimate of drug-likeness (QED) is 0.630. The Kier molecular flexibility index (Phi) is 4.44. The zero-order valence-electron chi connectivity index (χ0n) is 10.2. The van der Waals surface area contributed by atoms with E-state index in [0.717, 1.165) is 0 Å². The highest BCUT2D eigenvalue weighted by atomic mass is 79.9. The van der Waals surface area contributed by atoms with Gasteiger partial charge in [0.2, 0.25) is 0 Å². The van der Waals surface area contributed by atoms with E-state index in [1.807, 2.05) is 0 Å². The number of carboxylic acid groups (broad SMARTS) is 1. The van der Waals surface area contributed by atoms with Crippen LogP contribution in [0, 0.1) is 10.1 Å². The average molecular weight is 373 g/mol.